The average molecular weight is 418 g/mol. The maximum atomic E-state index is 14.8. The summed E-state index contributed by atoms with van der Waals surface area (Å²) in [5.74, 6) is -2.37. The summed E-state index contributed by atoms with van der Waals surface area (Å²) in [6, 6.07) is 18.6. The molecule has 3 aromatic rings. The Hall–Kier alpha value is -3.14. The van der Waals surface area contributed by atoms with Gasteiger partial charge in [0.2, 0.25) is 11.4 Å². The van der Waals surface area contributed by atoms with E-state index in [4.69, 9.17) is 4.99 Å². The fourth-order valence-electron chi connectivity index (χ4n) is 4.08. The van der Waals surface area contributed by atoms with E-state index in [1.54, 1.807) is 29.0 Å². The molecule has 0 bridgehead atoms. The maximum Gasteiger partial charge on any atom is 0.298 e. The summed E-state index contributed by atoms with van der Waals surface area (Å²) in [5, 5.41) is 0. The summed E-state index contributed by atoms with van der Waals surface area (Å²) in [6.07, 6.45) is 4.20. The van der Waals surface area contributed by atoms with E-state index in [2.05, 4.69) is 45.9 Å². The number of nitrogens with zero attached hydrogens (tertiary/aromatic N) is 2. The second-order valence-corrected chi connectivity index (χ2v) is 8.54. The minimum atomic E-state index is -3.04. The SMILES string of the molecule is CC(C)c1cccc(C(C)C)c1N=Cc1cccc2[n+]1C=CC(F)(F)c1ccccc1-2. The van der Waals surface area contributed by atoms with Crippen LogP contribution in [0.25, 0.3) is 17.5 Å². The third kappa shape index (κ3) is 3.95. The molecule has 31 heavy (non-hydrogen) atoms. The van der Waals surface area contributed by atoms with Crippen LogP contribution in [-0.2, 0) is 5.92 Å². The molecule has 0 saturated heterocycles. The van der Waals surface area contributed by atoms with Gasteiger partial charge in [0.15, 0.2) is 6.20 Å². The van der Waals surface area contributed by atoms with Gasteiger partial charge in [0.05, 0.1) is 23.5 Å². The molecule has 2 nitrogen and oxygen atoms in total. The maximum absolute atomic E-state index is 14.8. The Bertz CT molecular complexity index is 1150. The van der Waals surface area contributed by atoms with Gasteiger partial charge in [-0.1, -0.05) is 64.1 Å². The summed E-state index contributed by atoms with van der Waals surface area (Å²) in [7, 11) is 0. The van der Waals surface area contributed by atoms with Crippen LogP contribution < -0.4 is 4.57 Å². The molecule has 1 aliphatic rings. The second kappa shape index (κ2) is 8.18. The van der Waals surface area contributed by atoms with E-state index in [9.17, 15) is 8.78 Å². The van der Waals surface area contributed by atoms with Crippen molar-refractivity contribution in [2.75, 3.05) is 0 Å². The highest BCUT2D eigenvalue weighted by Gasteiger charge is 2.37. The minimum absolute atomic E-state index is 0.0128. The van der Waals surface area contributed by atoms with Gasteiger partial charge in [-0.05, 0) is 35.1 Å². The molecule has 0 saturated carbocycles. The van der Waals surface area contributed by atoms with Crippen molar-refractivity contribution in [3.8, 4) is 11.3 Å². The lowest BCUT2D eigenvalue weighted by Crippen LogP contribution is -2.34. The lowest BCUT2D eigenvalue weighted by atomic mass is 9.93. The molecule has 1 aromatic heterocycles. The molecule has 0 atom stereocenters. The number of aliphatic imine (C=N–C) groups is 1. The highest BCUT2D eigenvalue weighted by molar-refractivity contribution is 5.80. The van der Waals surface area contributed by atoms with E-state index in [-0.39, 0.29) is 5.56 Å². The van der Waals surface area contributed by atoms with Crippen molar-refractivity contribution in [3.05, 3.63) is 89.1 Å². The Morgan fingerprint density at radius 1 is 0.839 bits per heavy atom. The topological polar surface area (TPSA) is 16.2 Å². The molecule has 1 aliphatic heterocycles. The number of fused-ring (bicyclic) bond motifs is 3. The van der Waals surface area contributed by atoms with Gasteiger partial charge in [0, 0.05) is 17.7 Å². The van der Waals surface area contributed by atoms with Gasteiger partial charge in [-0.15, -0.1) is 0 Å². The largest absolute Gasteiger partial charge is 0.298 e. The first-order valence-corrected chi connectivity index (χ1v) is 10.7. The third-order valence-corrected chi connectivity index (χ3v) is 5.72. The van der Waals surface area contributed by atoms with E-state index in [0.29, 0.717) is 23.1 Å². The number of allylic oxidation sites excluding steroid dienone is 1. The molecule has 0 radical (unpaired) electrons. The van der Waals surface area contributed by atoms with Crippen LogP contribution in [0.5, 0.6) is 0 Å². The molecule has 4 rings (SSSR count). The molecule has 0 N–H and O–H groups in total. The van der Waals surface area contributed by atoms with Crippen LogP contribution in [-0.4, -0.2) is 6.21 Å². The van der Waals surface area contributed by atoms with Gasteiger partial charge in [-0.25, -0.2) is 4.99 Å². The number of hydrogen-bond donors (Lipinski definition) is 0. The van der Waals surface area contributed by atoms with Crippen LogP contribution in [0.3, 0.4) is 0 Å². The lowest BCUT2D eigenvalue weighted by molar-refractivity contribution is -0.557. The normalized spacial score (nSPS) is 14.7. The van der Waals surface area contributed by atoms with Crippen molar-refractivity contribution in [2.24, 2.45) is 4.99 Å². The van der Waals surface area contributed by atoms with Crippen LogP contribution in [0.1, 0.15) is 61.9 Å². The zero-order valence-electron chi connectivity index (χ0n) is 18.3. The molecular weight excluding hydrogens is 390 g/mol. The van der Waals surface area contributed by atoms with Crippen molar-refractivity contribution >= 4 is 18.1 Å². The van der Waals surface area contributed by atoms with E-state index < -0.39 is 5.92 Å². The Kier molecular flexibility index (Phi) is 5.57. The molecule has 0 unspecified atom stereocenters. The number of alkyl halides is 2. The first-order valence-electron chi connectivity index (χ1n) is 10.7. The molecule has 158 valence electrons. The summed E-state index contributed by atoms with van der Waals surface area (Å²) in [5.41, 5.74) is 5.33. The number of pyridine rings is 1. The average Bonchev–Trinajstić information content (AvgIpc) is 2.87. The number of rotatable bonds is 4. The molecule has 0 fully saturated rings. The fraction of sp³-hybridized carbons (Fsp3) is 0.259. The Balaban J connectivity index is 1.88. The van der Waals surface area contributed by atoms with Crippen molar-refractivity contribution < 1.29 is 13.3 Å². The molecular formula is C27H27F2N2+. The zero-order valence-corrected chi connectivity index (χ0v) is 18.3. The van der Waals surface area contributed by atoms with E-state index in [1.165, 1.54) is 23.4 Å². The van der Waals surface area contributed by atoms with Crippen molar-refractivity contribution in [1.82, 2.24) is 0 Å². The number of halogens is 2. The summed E-state index contributed by atoms with van der Waals surface area (Å²) >= 11 is 0. The summed E-state index contributed by atoms with van der Waals surface area (Å²) < 4.78 is 31.3. The Morgan fingerprint density at radius 3 is 2.16 bits per heavy atom. The quantitative estimate of drug-likeness (QED) is 0.315. The van der Waals surface area contributed by atoms with Gasteiger partial charge >= 0.3 is 0 Å². The third-order valence-electron chi connectivity index (χ3n) is 5.72. The summed E-state index contributed by atoms with van der Waals surface area (Å²) in [4.78, 5) is 4.88. The second-order valence-electron chi connectivity index (χ2n) is 8.54. The number of aromatic nitrogens is 1. The monoisotopic (exact) mass is 417 g/mol. The van der Waals surface area contributed by atoms with Crippen LogP contribution in [0.15, 0.2) is 71.7 Å². The van der Waals surface area contributed by atoms with Gasteiger partial charge in [-0.3, -0.25) is 0 Å². The van der Waals surface area contributed by atoms with Crippen molar-refractivity contribution in [1.29, 1.82) is 0 Å². The van der Waals surface area contributed by atoms with E-state index in [1.807, 2.05) is 18.2 Å². The molecule has 0 amide bonds. The highest BCUT2D eigenvalue weighted by Crippen LogP contribution is 2.38. The van der Waals surface area contributed by atoms with Crippen molar-refractivity contribution in [3.63, 3.8) is 0 Å². The molecule has 2 heterocycles. The Labute approximate surface area is 182 Å². The predicted molar refractivity (Wildman–Crippen MR) is 123 cm³/mol. The first kappa shape index (κ1) is 21.1. The van der Waals surface area contributed by atoms with Gasteiger partial charge < -0.3 is 0 Å². The van der Waals surface area contributed by atoms with Gasteiger partial charge in [-0.2, -0.15) is 13.3 Å². The lowest BCUT2D eigenvalue weighted by Gasteiger charge is -2.16. The zero-order chi connectivity index (χ0) is 22.2. The minimum Gasteiger partial charge on any atom is -0.249 e. The molecule has 2 aromatic carbocycles. The number of para-hydroxylation sites is 1. The van der Waals surface area contributed by atoms with E-state index in [0.717, 1.165) is 17.5 Å². The van der Waals surface area contributed by atoms with Crippen molar-refractivity contribution in [2.45, 2.75) is 45.5 Å². The predicted octanol–water partition coefficient (Wildman–Crippen LogP) is 7.21. The van der Waals surface area contributed by atoms with Crippen LogP contribution >= 0.6 is 0 Å². The van der Waals surface area contributed by atoms with Crippen LogP contribution in [0.2, 0.25) is 0 Å². The molecule has 4 heteroatoms. The standard InChI is InChI=1S/C27H27F2N2/c1-18(2)21-11-8-12-22(19(3)4)26(21)30-17-20-9-7-14-25-23-10-5-6-13-24(23)27(28,29)15-16-31(20)25/h5-19H,1-4H3/q+1. The van der Waals surface area contributed by atoms with Crippen LogP contribution in [0.4, 0.5) is 14.5 Å². The van der Waals surface area contributed by atoms with Gasteiger partial charge in [0.1, 0.15) is 0 Å². The first-order chi connectivity index (χ1) is 14.8. The van der Waals surface area contributed by atoms with Gasteiger partial charge in [0.25, 0.3) is 5.92 Å². The highest BCUT2D eigenvalue weighted by atomic mass is 19.3. The van der Waals surface area contributed by atoms with E-state index >= 15 is 0 Å². The number of hydrogen-bond acceptors (Lipinski definition) is 1. The van der Waals surface area contributed by atoms with Crippen LogP contribution in [0, 0.1) is 0 Å². The fourth-order valence-corrected chi connectivity index (χ4v) is 4.08. The molecule has 0 aliphatic carbocycles. The smallest absolute Gasteiger partial charge is 0.249 e. The molecule has 0 spiro atoms. The number of benzene rings is 2. The summed E-state index contributed by atoms with van der Waals surface area (Å²) in [6.45, 7) is 8.63. The Morgan fingerprint density at radius 2 is 1.48 bits per heavy atom.